The zero-order valence-electron chi connectivity index (χ0n) is 10.7. The van der Waals surface area contributed by atoms with E-state index in [2.05, 4.69) is 22.4 Å². The van der Waals surface area contributed by atoms with Crippen LogP contribution in [0.4, 0.5) is 0 Å². The summed E-state index contributed by atoms with van der Waals surface area (Å²) in [5.41, 5.74) is 1.27. The Kier molecular flexibility index (Phi) is 2.82. The summed E-state index contributed by atoms with van der Waals surface area (Å²) in [6, 6.07) is 4.11. The van der Waals surface area contributed by atoms with Gasteiger partial charge in [-0.2, -0.15) is 0 Å². The maximum atomic E-state index is 12.1. The van der Waals surface area contributed by atoms with E-state index < -0.39 is 0 Å². The first-order chi connectivity index (χ1) is 8.74. The molecule has 1 amide bonds. The van der Waals surface area contributed by atoms with Gasteiger partial charge in [0.05, 0.1) is 5.54 Å². The second kappa shape index (κ2) is 4.35. The Morgan fingerprint density at radius 1 is 1.33 bits per heavy atom. The van der Waals surface area contributed by atoms with E-state index in [0.717, 1.165) is 25.9 Å². The minimum absolute atomic E-state index is 0.0175. The normalized spacial score (nSPS) is 26.8. The molecule has 18 heavy (non-hydrogen) atoms. The fraction of sp³-hybridized carbons (Fsp3) is 0.571. The Morgan fingerprint density at radius 2 is 2.00 bits per heavy atom. The number of piperidine rings is 1. The van der Waals surface area contributed by atoms with E-state index in [-0.39, 0.29) is 11.4 Å². The second-order valence-electron chi connectivity index (χ2n) is 5.34. The van der Waals surface area contributed by atoms with Crippen LogP contribution in [-0.2, 0) is 4.79 Å². The molecule has 2 fully saturated rings. The first-order valence-corrected chi connectivity index (χ1v) is 6.61. The van der Waals surface area contributed by atoms with Crippen LogP contribution < -0.4 is 5.32 Å². The lowest BCUT2D eigenvalue weighted by Crippen LogP contribution is -2.53. The molecule has 1 N–H and O–H groups in total. The van der Waals surface area contributed by atoms with Crippen molar-refractivity contribution in [2.75, 3.05) is 20.1 Å². The molecular formula is C14H19N3O. The van der Waals surface area contributed by atoms with Crippen LogP contribution in [0.3, 0.4) is 0 Å². The molecule has 3 rings (SSSR count). The van der Waals surface area contributed by atoms with E-state index in [0.29, 0.717) is 12.3 Å². The zero-order chi connectivity index (χ0) is 12.6. The minimum Gasteiger partial charge on any atom is -0.339 e. The van der Waals surface area contributed by atoms with Gasteiger partial charge in [-0.15, -0.1) is 0 Å². The van der Waals surface area contributed by atoms with Gasteiger partial charge in [0.15, 0.2) is 0 Å². The Bertz CT molecular complexity index is 440. The van der Waals surface area contributed by atoms with E-state index in [9.17, 15) is 4.79 Å². The average Bonchev–Trinajstić information content (AvgIpc) is 2.66. The highest BCUT2D eigenvalue weighted by Crippen LogP contribution is 2.46. The monoisotopic (exact) mass is 245 g/mol. The first-order valence-electron chi connectivity index (χ1n) is 6.61. The third-order valence-corrected chi connectivity index (χ3v) is 4.65. The molecular weight excluding hydrogens is 226 g/mol. The predicted molar refractivity (Wildman–Crippen MR) is 69.2 cm³/mol. The summed E-state index contributed by atoms with van der Waals surface area (Å²) < 4.78 is 0. The molecule has 0 unspecified atom stereocenters. The van der Waals surface area contributed by atoms with Crippen molar-refractivity contribution in [3.8, 4) is 0 Å². The largest absolute Gasteiger partial charge is 0.339 e. The van der Waals surface area contributed by atoms with Crippen LogP contribution in [0.2, 0.25) is 0 Å². The molecule has 96 valence electrons. The van der Waals surface area contributed by atoms with Crippen molar-refractivity contribution in [2.45, 2.75) is 30.7 Å². The minimum atomic E-state index is 0.0175. The number of aromatic nitrogens is 1. The second-order valence-corrected chi connectivity index (χ2v) is 5.34. The number of hydrogen-bond donors (Lipinski definition) is 1. The van der Waals surface area contributed by atoms with Gasteiger partial charge < -0.3 is 10.2 Å². The molecule has 0 saturated carbocycles. The fourth-order valence-corrected chi connectivity index (χ4v) is 3.55. The van der Waals surface area contributed by atoms with Crippen molar-refractivity contribution in [2.24, 2.45) is 0 Å². The third kappa shape index (κ3) is 1.63. The topological polar surface area (TPSA) is 45.2 Å². The maximum absolute atomic E-state index is 12.1. The van der Waals surface area contributed by atoms with E-state index >= 15 is 0 Å². The van der Waals surface area contributed by atoms with Crippen LogP contribution in [0.1, 0.15) is 30.7 Å². The number of rotatable bonds is 1. The molecule has 3 heterocycles. The van der Waals surface area contributed by atoms with Gasteiger partial charge >= 0.3 is 0 Å². The van der Waals surface area contributed by atoms with Gasteiger partial charge in [0.25, 0.3) is 0 Å². The fourth-order valence-electron chi connectivity index (χ4n) is 3.55. The summed E-state index contributed by atoms with van der Waals surface area (Å²) in [7, 11) is 1.97. The Labute approximate surface area is 107 Å². The van der Waals surface area contributed by atoms with Gasteiger partial charge in [-0.1, -0.05) is 0 Å². The molecule has 0 aliphatic carbocycles. The van der Waals surface area contributed by atoms with Gasteiger partial charge in [-0.25, -0.2) is 0 Å². The molecule has 0 aromatic carbocycles. The first kappa shape index (κ1) is 11.7. The van der Waals surface area contributed by atoms with Crippen LogP contribution in [0.25, 0.3) is 0 Å². The van der Waals surface area contributed by atoms with Gasteiger partial charge in [-0.05, 0) is 43.6 Å². The summed E-state index contributed by atoms with van der Waals surface area (Å²) in [4.78, 5) is 18.2. The number of carbonyl (C=O) groups excluding carboxylic acids is 1. The lowest BCUT2D eigenvalue weighted by molar-refractivity contribution is -0.130. The quantitative estimate of drug-likeness (QED) is 0.807. The summed E-state index contributed by atoms with van der Waals surface area (Å²) in [5.74, 6) is 0.596. The number of likely N-dealkylation sites (N-methyl/N-ethyl adjacent to an activating group) is 1. The number of amides is 1. The molecule has 2 aliphatic heterocycles. The van der Waals surface area contributed by atoms with Crippen molar-refractivity contribution in [3.63, 3.8) is 0 Å². The summed E-state index contributed by atoms with van der Waals surface area (Å²) in [5, 5.41) is 3.39. The Balaban J connectivity index is 1.99. The Hall–Kier alpha value is -1.42. The van der Waals surface area contributed by atoms with Gasteiger partial charge in [-0.3, -0.25) is 9.78 Å². The molecule has 4 heteroatoms. The highest BCUT2D eigenvalue weighted by atomic mass is 16.2. The summed E-state index contributed by atoms with van der Waals surface area (Å²) in [6.45, 7) is 2.00. The van der Waals surface area contributed by atoms with E-state index in [1.165, 1.54) is 5.56 Å². The zero-order valence-corrected chi connectivity index (χ0v) is 10.7. The molecule has 1 aromatic rings. The highest BCUT2D eigenvalue weighted by molar-refractivity contribution is 5.81. The summed E-state index contributed by atoms with van der Waals surface area (Å²) in [6.07, 6.45) is 6.38. The van der Waals surface area contributed by atoms with Gasteiger partial charge in [0.1, 0.15) is 0 Å². The van der Waals surface area contributed by atoms with Crippen molar-refractivity contribution in [1.29, 1.82) is 0 Å². The standard InChI is InChI=1S/C14H19N3O/c1-17-13(18)10-12(11-2-6-15-7-3-11)14(17)4-8-16-9-5-14/h2-3,6-7,12,16H,4-5,8-10H2,1H3/t12-/m0/s1. The van der Waals surface area contributed by atoms with Crippen LogP contribution >= 0.6 is 0 Å². The third-order valence-electron chi connectivity index (χ3n) is 4.65. The van der Waals surface area contributed by atoms with Crippen molar-refractivity contribution in [1.82, 2.24) is 15.2 Å². The number of likely N-dealkylation sites (tertiary alicyclic amines) is 1. The van der Waals surface area contributed by atoms with E-state index in [1.54, 1.807) is 0 Å². The van der Waals surface area contributed by atoms with Crippen LogP contribution in [0, 0.1) is 0 Å². The average molecular weight is 245 g/mol. The number of pyridine rings is 1. The van der Waals surface area contributed by atoms with Crippen LogP contribution in [0.5, 0.6) is 0 Å². The molecule has 2 aliphatic rings. The van der Waals surface area contributed by atoms with Gasteiger partial charge in [0, 0.05) is 31.8 Å². The SMILES string of the molecule is CN1C(=O)C[C@@H](c2ccncc2)C12CCNCC2. The smallest absolute Gasteiger partial charge is 0.223 e. The van der Waals surface area contributed by atoms with Crippen LogP contribution in [-0.4, -0.2) is 41.5 Å². The number of nitrogens with one attached hydrogen (secondary N) is 1. The summed E-state index contributed by atoms with van der Waals surface area (Å²) >= 11 is 0. The van der Waals surface area contributed by atoms with Crippen LogP contribution in [0.15, 0.2) is 24.5 Å². The molecule has 4 nitrogen and oxygen atoms in total. The highest BCUT2D eigenvalue weighted by Gasteiger charge is 2.51. The number of nitrogens with zero attached hydrogens (tertiary/aromatic N) is 2. The number of hydrogen-bond acceptors (Lipinski definition) is 3. The van der Waals surface area contributed by atoms with E-state index in [4.69, 9.17) is 0 Å². The van der Waals surface area contributed by atoms with Crippen molar-refractivity contribution < 1.29 is 4.79 Å². The molecule has 2 saturated heterocycles. The van der Waals surface area contributed by atoms with Crippen molar-refractivity contribution in [3.05, 3.63) is 30.1 Å². The molecule has 1 atom stereocenters. The van der Waals surface area contributed by atoms with Crippen molar-refractivity contribution >= 4 is 5.91 Å². The molecule has 0 radical (unpaired) electrons. The maximum Gasteiger partial charge on any atom is 0.223 e. The Morgan fingerprint density at radius 3 is 2.67 bits per heavy atom. The molecule has 1 spiro atoms. The molecule has 1 aromatic heterocycles. The molecule has 0 bridgehead atoms. The lowest BCUT2D eigenvalue weighted by atomic mass is 9.74. The predicted octanol–water partition coefficient (Wildman–Crippen LogP) is 1.15. The van der Waals surface area contributed by atoms with E-state index in [1.807, 2.05) is 24.3 Å². The number of carbonyl (C=O) groups is 1. The lowest BCUT2D eigenvalue weighted by Gasteiger charge is -2.44. The van der Waals surface area contributed by atoms with Gasteiger partial charge in [0.2, 0.25) is 5.91 Å².